The number of hydrogen-bond donors (Lipinski definition) is 4. The van der Waals surface area contributed by atoms with Gasteiger partial charge in [-0.15, -0.1) is 0 Å². The molecule has 0 aliphatic heterocycles. The van der Waals surface area contributed by atoms with E-state index in [2.05, 4.69) is 24.5 Å². The van der Waals surface area contributed by atoms with E-state index in [1.165, 1.54) is 6.42 Å². The fourth-order valence-electron chi connectivity index (χ4n) is 0.683. The van der Waals surface area contributed by atoms with Crippen molar-refractivity contribution in [2.45, 2.75) is 20.3 Å². The van der Waals surface area contributed by atoms with Crippen molar-refractivity contribution in [1.82, 2.24) is 10.6 Å². The number of hydrogen-bond acceptors (Lipinski definition) is 4. The van der Waals surface area contributed by atoms with Crippen LogP contribution < -0.4 is 22.1 Å². The monoisotopic (exact) mass is 190 g/mol. The maximum atomic E-state index is 5.21. The Bertz CT molecular complexity index is 60.6. The predicted octanol–water partition coefficient (Wildman–Crippen LogP) is -0.501. The SMILES string of the molecule is CCCNCCN.CCNCCN. The van der Waals surface area contributed by atoms with Crippen LogP contribution in [-0.2, 0) is 0 Å². The molecule has 0 aliphatic carbocycles. The molecular weight excluding hydrogens is 164 g/mol. The van der Waals surface area contributed by atoms with Gasteiger partial charge in [0.05, 0.1) is 0 Å². The van der Waals surface area contributed by atoms with Gasteiger partial charge in [-0.25, -0.2) is 0 Å². The van der Waals surface area contributed by atoms with E-state index in [-0.39, 0.29) is 0 Å². The Balaban J connectivity index is 0. The van der Waals surface area contributed by atoms with Gasteiger partial charge in [0.1, 0.15) is 0 Å². The van der Waals surface area contributed by atoms with Crippen LogP contribution in [0.2, 0.25) is 0 Å². The maximum Gasteiger partial charge on any atom is 0.00744 e. The molecule has 0 aromatic heterocycles. The first-order valence-corrected chi connectivity index (χ1v) is 5.14. The van der Waals surface area contributed by atoms with Crippen molar-refractivity contribution in [3.05, 3.63) is 0 Å². The van der Waals surface area contributed by atoms with Crippen LogP contribution in [0.4, 0.5) is 0 Å². The summed E-state index contributed by atoms with van der Waals surface area (Å²) in [6.07, 6.45) is 1.19. The first kappa shape index (κ1) is 15.3. The largest absolute Gasteiger partial charge is 0.329 e. The lowest BCUT2D eigenvalue weighted by atomic mass is 10.5. The minimum atomic E-state index is 0.744. The van der Waals surface area contributed by atoms with Gasteiger partial charge in [0.25, 0.3) is 0 Å². The molecule has 0 atom stereocenters. The van der Waals surface area contributed by atoms with E-state index in [0.717, 1.165) is 39.3 Å². The fraction of sp³-hybridized carbons (Fsp3) is 1.00. The average Bonchev–Trinajstić information content (AvgIpc) is 2.17. The van der Waals surface area contributed by atoms with Gasteiger partial charge in [-0.2, -0.15) is 0 Å². The van der Waals surface area contributed by atoms with E-state index in [9.17, 15) is 0 Å². The van der Waals surface area contributed by atoms with Gasteiger partial charge in [-0.3, -0.25) is 0 Å². The fourth-order valence-corrected chi connectivity index (χ4v) is 0.683. The number of rotatable bonds is 7. The van der Waals surface area contributed by atoms with Crippen LogP contribution in [0.5, 0.6) is 0 Å². The number of nitrogens with one attached hydrogen (secondary N) is 2. The normalized spacial score (nSPS) is 9.23. The van der Waals surface area contributed by atoms with Crippen LogP contribution in [-0.4, -0.2) is 39.3 Å². The lowest BCUT2D eigenvalue weighted by molar-refractivity contribution is 0.678. The smallest absolute Gasteiger partial charge is 0.00744 e. The third-order valence-corrected chi connectivity index (χ3v) is 1.32. The van der Waals surface area contributed by atoms with Crippen LogP contribution in [0.1, 0.15) is 20.3 Å². The average molecular weight is 190 g/mol. The molecule has 0 heterocycles. The molecular formula is C9H26N4. The van der Waals surface area contributed by atoms with E-state index < -0.39 is 0 Å². The highest BCUT2D eigenvalue weighted by Crippen LogP contribution is 1.65. The molecule has 6 N–H and O–H groups in total. The second-order valence-corrected chi connectivity index (χ2v) is 2.68. The number of nitrogens with two attached hydrogens (primary N) is 2. The Morgan fingerprint density at radius 1 is 0.846 bits per heavy atom. The van der Waals surface area contributed by atoms with E-state index >= 15 is 0 Å². The highest BCUT2D eigenvalue weighted by Gasteiger charge is 1.76. The van der Waals surface area contributed by atoms with E-state index in [4.69, 9.17) is 11.5 Å². The van der Waals surface area contributed by atoms with Gasteiger partial charge in [-0.05, 0) is 19.5 Å². The summed E-state index contributed by atoms with van der Waals surface area (Å²) >= 11 is 0. The Kier molecular flexibility index (Phi) is 21.0. The summed E-state index contributed by atoms with van der Waals surface area (Å²) in [5.74, 6) is 0. The Morgan fingerprint density at radius 2 is 1.38 bits per heavy atom. The molecule has 0 aliphatic rings. The van der Waals surface area contributed by atoms with Crippen LogP contribution in [0.3, 0.4) is 0 Å². The molecule has 0 aromatic carbocycles. The summed E-state index contributed by atoms with van der Waals surface area (Å²) < 4.78 is 0. The van der Waals surface area contributed by atoms with Crippen molar-refractivity contribution in [2.24, 2.45) is 11.5 Å². The molecule has 4 heteroatoms. The second kappa shape index (κ2) is 17.8. The zero-order valence-corrected chi connectivity index (χ0v) is 9.10. The van der Waals surface area contributed by atoms with E-state index in [1.54, 1.807) is 0 Å². The van der Waals surface area contributed by atoms with Gasteiger partial charge >= 0.3 is 0 Å². The first-order valence-electron chi connectivity index (χ1n) is 5.14. The van der Waals surface area contributed by atoms with Crippen molar-refractivity contribution >= 4 is 0 Å². The summed E-state index contributed by atoms with van der Waals surface area (Å²) in [6, 6.07) is 0. The first-order chi connectivity index (χ1) is 6.33. The van der Waals surface area contributed by atoms with Gasteiger partial charge < -0.3 is 22.1 Å². The van der Waals surface area contributed by atoms with Gasteiger partial charge in [0, 0.05) is 26.2 Å². The van der Waals surface area contributed by atoms with Crippen LogP contribution >= 0.6 is 0 Å². The van der Waals surface area contributed by atoms with Crippen molar-refractivity contribution < 1.29 is 0 Å². The predicted molar refractivity (Wildman–Crippen MR) is 59.8 cm³/mol. The lowest BCUT2D eigenvalue weighted by Crippen LogP contribution is -2.22. The van der Waals surface area contributed by atoms with Crippen molar-refractivity contribution in [2.75, 3.05) is 39.3 Å². The molecule has 13 heavy (non-hydrogen) atoms. The standard InChI is InChI=1S/C5H14N2.C4H12N2/c1-2-4-7-5-3-6;1-2-6-4-3-5/h7H,2-6H2,1H3;6H,2-5H2,1H3. The highest BCUT2D eigenvalue weighted by molar-refractivity contribution is 4.42. The van der Waals surface area contributed by atoms with Crippen molar-refractivity contribution in [3.63, 3.8) is 0 Å². The zero-order chi connectivity index (χ0) is 10.4. The van der Waals surface area contributed by atoms with Crippen LogP contribution in [0, 0.1) is 0 Å². The molecule has 0 radical (unpaired) electrons. The molecule has 4 nitrogen and oxygen atoms in total. The third-order valence-electron chi connectivity index (χ3n) is 1.32. The molecule has 82 valence electrons. The van der Waals surface area contributed by atoms with E-state index in [1.807, 2.05) is 0 Å². The van der Waals surface area contributed by atoms with Gasteiger partial charge in [0.15, 0.2) is 0 Å². The summed E-state index contributed by atoms with van der Waals surface area (Å²) in [7, 11) is 0. The topological polar surface area (TPSA) is 76.1 Å². The molecule has 0 bridgehead atoms. The maximum absolute atomic E-state index is 5.21. The second-order valence-electron chi connectivity index (χ2n) is 2.68. The lowest BCUT2D eigenvalue weighted by Gasteiger charge is -1.95. The van der Waals surface area contributed by atoms with Crippen molar-refractivity contribution in [1.29, 1.82) is 0 Å². The Hall–Kier alpha value is -0.160. The molecule has 0 saturated carbocycles. The van der Waals surface area contributed by atoms with Crippen LogP contribution in [0.15, 0.2) is 0 Å². The minimum Gasteiger partial charge on any atom is -0.329 e. The molecule has 0 spiro atoms. The third kappa shape index (κ3) is 24.5. The molecule has 0 fully saturated rings. The minimum absolute atomic E-state index is 0.744. The summed E-state index contributed by atoms with van der Waals surface area (Å²) in [4.78, 5) is 0. The quantitative estimate of drug-likeness (QED) is 0.408. The molecule has 0 saturated heterocycles. The Labute approximate surface area is 82.4 Å². The van der Waals surface area contributed by atoms with E-state index in [0.29, 0.717) is 0 Å². The zero-order valence-electron chi connectivity index (χ0n) is 9.10. The summed E-state index contributed by atoms with van der Waals surface area (Å²) in [6.45, 7) is 9.71. The van der Waals surface area contributed by atoms with Gasteiger partial charge in [-0.1, -0.05) is 13.8 Å². The molecule has 0 unspecified atom stereocenters. The summed E-state index contributed by atoms with van der Waals surface area (Å²) in [5, 5.41) is 6.23. The molecule has 0 rings (SSSR count). The highest BCUT2D eigenvalue weighted by atomic mass is 14.9. The van der Waals surface area contributed by atoms with Crippen molar-refractivity contribution in [3.8, 4) is 0 Å². The van der Waals surface area contributed by atoms with Gasteiger partial charge in [0.2, 0.25) is 0 Å². The molecule has 0 amide bonds. The molecule has 0 aromatic rings. The summed E-state index contributed by atoms with van der Waals surface area (Å²) in [5.41, 5.74) is 10.4. The Morgan fingerprint density at radius 3 is 1.69 bits per heavy atom. The van der Waals surface area contributed by atoms with Crippen LogP contribution in [0.25, 0.3) is 0 Å². The number of likely N-dealkylation sites (N-methyl/N-ethyl adjacent to an activating group) is 1.